The molecule has 2 N–H and O–H groups in total. The van der Waals surface area contributed by atoms with Crippen molar-refractivity contribution in [3.8, 4) is 12.1 Å². The zero-order valence-corrected chi connectivity index (χ0v) is 10.8. The molecule has 2 aromatic rings. The zero-order valence-electron chi connectivity index (χ0n) is 10.8. The van der Waals surface area contributed by atoms with Gasteiger partial charge in [-0.05, 0) is 0 Å². The number of aliphatic hydroxyl groups excluding tert-OH is 1. The Bertz CT molecular complexity index is 558. The Hall–Kier alpha value is -2.66. The molecule has 100 valence electrons. The highest BCUT2D eigenvalue weighted by Crippen LogP contribution is 2.28. The minimum atomic E-state index is -1.57. The highest BCUT2D eigenvalue weighted by molar-refractivity contribution is 5.41. The predicted molar refractivity (Wildman–Crippen MR) is 74.2 cm³/mol. The number of benzene rings is 2. The van der Waals surface area contributed by atoms with Crippen molar-refractivity contribution in [2.45, 2.75) is 5.60 Å². The molecule has 0 fully saturated rings. The molecule has 0 spiro atoms. The van der Waals surface area contributed by atoms with Gasteiger partial charge in [-0.1, -0.05) is 60.7 Å². The van der Waals surface area contributed by atoms with Gasteiger partial charge in [-0.25, -0.2) is 0 Å². The van der Waals surface area contributed by atoms with Crippen molar-refractivity contribution in [3.05, 3.63) is 71.8 Å². The van der Waals surface area contributed by atoms with Gasteiger partial charge in [0.15, 0.2) is 0 Å². The summed E-state index contributed by atoms with van der Waals surface area (Å²) in [6, 6.07) is 21.4. The monoisotopic (exact) mass is 266 g/mol. The second-order valence-electron chi connectivity index (χ2n) is 3.87. The van der Waals surface area contributed by atoms with E-state index in [-0.39, 0.29) is 6.61 Å². The number of hydrogen-bond acceptors (Lipinski definition) is 4. The van der Waals surface area contributed by atoms with E-state index in [1.54, 1.807) is 48.5 Å². The normalized spacial score (nSPS) is 9.60. The molecule has 0 unspecified atom stereocenters. The van der Waals surface area contributed by atoms with Gasteiger partial charge >= 0.3 is 0 Å². The van der Waals surface area contributed by atoms with Crippen LogP contribution in [0.1, 0.15) is 11.1 Å². The van der Waals surface area contributed by atoms with E-state index < -0.39 is 5.60 Å². The average Bonchev–Trinajstić information content (AvgIpc) is 2.56. The van der Waals surface area contributed by atoms with E-state index in [1.165, 1.54) is 6.07 Å². The Morgan fingerprint density at radius 2 is 1.20 bits per heavy atom. The second kappa shape index (κ2) is 7.70. The second-order valence-corrected chi connectivity index (χ2v) is 3.87. The molecule has 0 bridgehead atoms. The molecule has 2 rings (SSSR count). The molecule has 2 aromatic carbocycles. The van der Waals surface area contributed by atoms with Crippen LogP contribution >= 0.6 is 0 Å². The summed E-state index contributed by atoms with van der Waals surface area (Å²) in [5.41, 5.74) is -0.393. The van der Waals surface area contributed by atoms with E-state index in [0.29, 0.717) is 11.1 Å². The fourth-order valence-corrected chi connectivity index (χ4v) is 1.65. The van der Waals surface area contributed by atoms with E-state index in [2.05, 4.69) is 0 Å². The molecule has 0 radical (unpaired) electrons. The lowest BCUT2D eigenvalue weighted by molar-refractivity contribution is 0.143. The Morgan fingerprint density at radius 1 is 0.850 bits per heavy atom. The smallest absolute Gasteiger partial charge is 0.202 e. The third-order valence-corrected chi connectivity index (χ3v) is 2.62. The predicted octanol–water partition coefficient (Wildman–Crippen LogP) is 1.95. The van der Waals surface area contributed by atoms with Crippen molar-refractivity contribution >= 4 is 0 Å². The molecule has 0 aliphatic rings. The number of nitrogens with zero attached hydrogens (tertiary/aromatic N) is 2. The first-order valence-corrected chi connectivity index (χ1v) is 5.91. The van der Waals surface area contributed by atoms with Gasteiger partial charge in [0.25, 0.3) is 0 Å². The first-order valence-electron chi connectivity index (χ1n) is 5.91. The maximum absolute atomic E-state index is 10.4. The van der Waals surface area contributed by atoms with Crippen molar-refractivity contribution in [3.63, 3.8) is 0 Å². The Kier molecular flexibility index (Phi) is 5.93. The molecule has 0 saturated carbocycles. The van der Waals surface area contributed by atoms with Crippen LogP contribution in [0.3, 0.4) is 0 Å². The molecular formula is C16H14N2O2. The van der Waals surface area contributed by atoms with E-state index in [0.717, 1.165) is 0 Å². The summed E-state index contributed by atoms with van der Waals surface area (Å²) < 4.78 is 0. The standard InChI is InChI=1S/C14H11NO.C2H3NO/c15-11-14(16,12-7-3-1-4-8-12)13-9-5-2-6-10-13;3-1-2-4/h1-10,16H;4H,2H2. The van der Waals surface area contributed by atoms with Gasteiger partial charge in [-0.2, -0.15) is 10.5 Å². The summed E-state index contributed by atoms with van der Waals surface area (Å²) in [6.45, 7) is -0.375. The summed E-state index contributed by atoms with van der Waals surface area (Å²) in [7, 11) is 0. The van der Waals surface area contributed by atoms with Crippen LogP contribution in [0.5, 0.6) is 0 Å². The lowest BCUT2D eigenvalue weighted by atomic mass is 9.88. The van der Waals surface area contributed by atoms with Gasteiger partial charge in [0, 0.05) is 11.1 Å². The number of nitriles is 2. The van der Waals surface area contributed by atoms with E-state index in [1.807, 2.05) is 18.2 Å². The quantitative estimate of drug-likeness (QED) is 0.813. The topological polar surface area (TPSA) is 88.0 Å². The van der Waals surface area contributed by atoms with E-state index in [4.69, 9.17) is 10.4 Å². The molecule has 0 atom stereocenters. The molecule has 0 saturated heterocycles. The maximum atomic E-state index is 10.4. The minimum Gasteiger partial charge on any atom is -0.381 e. The Labute approximate surface area is 117 Å². The molecule has 0 heterocycles. The van der Waals surface area contributed by atoms with E-state index >= 15 is 0 Å². The molecule has 0 aliphatic heterocycles. The van der Waals surface area contributed by atoms with Crippen molar-refractivity contribution in [1.29, 1.82) is 10.5 Å². The summed E-state index contributed by atoms with van der Waals surface area (Å²) >= 11 is 0. The summed E-state index contributed by atoms with van der Waals surface area (Å²) in [6.07, 6.45) is 0. The SMILES string of the molecule is N#CC(O)(c1ccccc1)c1ccccc1.N#CCO. The molecular weight excluding hydrogens is 252 g/mol. The first kappa shape index (κ1) is 15.4. The minimum absolute atomic E-state index is 0.375. The van der Waals surface area contributed by atoms with Gasteiger partial charge in [0.2, 0.25) is 5.60 Å². The van der Waals surface area contributed by atoms with Crippen LogP contribution in [0.25, 0.3) is 0 Å². The molecule has 4 heteroatoms. The average molecular weight is 266 g/mol. The van der Waals surface area contributed by atoms with Crippen molar-refractivity contribution in [2.24, 2.45) is 0 Å². The van der Waals surface area contributed by atoms with Crippen LogP contribution < -0.4 is 0 Å². The van der Waals surface area contributed by atoms with Gasteiger partial charge in [0.1, 0.15) is 12.7 Å². The van der Waals surface area contributed by atoms with Crippen LogP contribution in [0, 0.1) is 22.7 Å². The molecule has 0 amide bonds. The number of hydrogen-bond donors (Lipinski definition) is 2. The lowest BCUT2D eigenvalue weighted by Gasteiger charge is -2.20. The molecule has 20 heavy (non-hydrogen) atoms. The molecule has 4 nitrogen and oxygen atoms in total. The third-order valence-electron chi connectivity index (χ3n) is 2.62. The summed E-state index contributed by atoms with van der Waals surface area (Å²) in [5, 5.41) is 34.5. The van der Waals surface area contributed by atoms with Gasteiger partial charge < -0.3 is 10.2 Å². The first-order chi connectivity index (χ1) is 9.69. The largest absolute Gasteiger partial charge is 0.381 e. The van der Waals surface area contributed by atoms with Crippen molar-refractivity contribution < 1.29 is 10.2 Å². The Morgan fingerprint density at radius 3 is 1.45 bits per heavy atom. The van der Waals surface area contributed by atoms with Gasteiger partial charge in [-0.3, -0.25) is 0 Å². The van der Waals surface area contributed by atoms with Gasteiger partial charge in [0.05, 0.1) is 6.07 Å². The summed E-state index contributed by atoms with van der Waals surface area (Å²) in [5.74, 6) is 0. The third kappa shape index (κ3) is 3.66. The van der Waals surface area contributed by atoms with Crippen LogP contribution in [0.4, 0.5) is 0 Å². The van der Waals surface area contributed by atoms with Crippen LogP contribution in [0.15, 0.2) is 60.7 Å². The number of rotatable bonds is 2. The maximum Gasteiger partial charge on any atom is 0.202 e. The fourth-order valence-electron chi connectivity index (χ4n) is 1.65. The van der Waals surface area contributed by atoms with Crippen LogP contribution in [0.2, 0.25) is 0 Å². The highest BCUT2D eigenvalue weighted by Gasteiger charge is 2.30. The van der Waals surface area contributed by atoms with E-state index in [9.17, 15) is 10.4 Å². The van der Waals surface area contributed by atoms with Crippen LogP contribution in [-0.2, 0) is 5.60 Å². The van der Waals surface area contributed by atoms with Gasteiger partial charge in [-0.15, -0.1) is 0 Å². The van der Waals surface area contributed by atoms with Crippen molar-refractivity contribution in [1.82, 2.24) is 0 Å². The summed E-state index contributed by atoms with van der Waals surface area (Å²) in [4.78, 5) is 0. The zero-order chi connectivity index (χ0) is 14.8. The highest BCUT2D eigenvalue weighted by atomic mass is 16.3. The molecule has 0 aliphatic carbocycles. The van der Waals surface area contributed by atoms with Crippen molar-refractivity contribution in [2.75, 3.05) is 6.61 Å². The molecule has 0 aromatic heterocycles. The lowest BCUT2D eigenvalue weighted by Crippen LogP contribution is -2.24. The van der Waals surface area contributed by atoms with Crippen LogP contribution in [-0.4, -0.2) is 16.8 Å². The fraction of sp³-hybridized carbons (Fsp3) is 0.125. The Balaban J connectivity index is 0.000000444. The number of aliphatic hydroxyl groups is 2.